The van der Waals surface area contributed by atoms with Crippen LogP contribution in [0.2, 0.25) is 0 Å². The summed E-state index contributed by atoms with van der Waals surface area (Å²) in [4.78, 5) is 16.6. The maximum absolute atomic E-state index is 10.8. The van der Waals surface area contributed by atoms with E-state index < -0.39 is 0 Å². The molecule has 0 aromatic heterocycles. The molecule has 1 amide bonds. The largest absolute Gasteiger partial charge is 0.345 e. The van der Waals surface area contributed by atoms with Gasteiger partial charge in [0, 0.05) is 25.8 Å². The maximum atomic E-state index is 10.8. The molecule has 1 atom stereocenters. The van der Waals surface area contributed by atoms with E-state index in [0.717, 1.165) is 13.1 Å². The molecule has 4 heteroatoms. The number of thioether (sulfide) groups is 1. The van der Waals surface area contributed by atoms with Crippen molar-refractivity contribution >= 4 is 23.2 Å². The average molecular weight is 172 g/mol. The monoisotopic (exact) mass is 172 g/mol. The number of hydrogen-bond donors (Lipinski definition) is 0. The lowest BCUT2D eigenvalue weighted by Crippen LogP contribution is -2.31. The molecule has 0 aromatic carbocycles. The van der Waals surface area contributed by atoms with Crippen LogP contribution in [0.3, 0.4) is 0 Å². The highest BCUT2D eigenvalue weighted by molar-refractivity contribution is 8.12. The Bertz CT molecular complexity index is 173. The van der Waals surface area contributed by atoms with E-state index in [9.17, 15) is 4.79 Å². The van der Waals surface area contributed by atoms with Gasteiger partial charge in [-0.3, -0.25) is 9.79 Å². The van der Waals surface area contributed by atoms with Crippen LogP contribution in [-0.4, -0.2) is 41.7 Å². The van der Waals surface area contributed by atoms with Gasteiger partial charge in [0.05, 0.1) is 12.1 Å². The summed E-state index contributed by atoms with van der Waals surface area (Å²) >= 11 is 1.70. The lowest BCUT2D eigenvalue weighted by Gasteiger charge is -2.17. The summed E-state index contributed by atoms with van der Waals surface area (Å²) in [7, 11) is 1.82. The molecule has 0 aliphatic carbocycles. The van der Waals surface area contributed by atoms with Crippen molar-refractivity contribution in [3.8, 4) is 0 Å². The van der Waals surface area contributed by atoms with Crippen LogP contribution < -0.4 is 0 Å². The molecule has 62 valence electrons. The molecule has 0 fully saturated rings. The molecule has 0 N–H and O–H groups in total. The average Bonchev–Trinajstić information content (AvgIpc) is 2.39. The molecule has 0 radical (unpaired) electrons. The van der Waals surface area contributed by atoms with Crippen molar-refractivity contribution in [3.05, 3.63) is 0 Å². The third kappa shape index (κ3) is 2.54. The molecule has 0 aromatic rings. The van der Waals surface area contributed by atoms with E-state index in [-0.39, 0.29) is 5.91 Å². The van der Waals surface area contributed by atoms with Crippen LogP contribution in [-0.2, 0) is 4.79 Å². The number of rotatable bonds is 2. The van der Waals surface area contributed by atoms with E-state index in [1.54, 1.807) is 23.6 Å². The Balaban J connectivity index is 2.25. The van der Waals surface area contributed by atoms with Gasteiger partial charge < -0.3 is 4.90 Å². The zero-order valence-corrected chi connectivity index (χ0v) is 7.60. The quantitative estimate of drug-likeness (QED) is 0.611. The summed E-state index contributed by atoms with van der Waals surface area (Å²) < 4.78 is 0. The third-order valence-corrected chi connectivity index (χ3v) is 2.61. The minimum absolute atomic E-state index is 0.123. The molecule has 1 rings (SSSR count). The van der Waals surface area contributed by atoms with E-state index in [1.165, 1.54) is 0 Å². The van der Waals surface area contributed by atoms with Crippen molar-refractivity contribution in [1.29, 1.82) is 0 Å². The van der Waals surface area contributed by atoms with Gasteiger partial charge >= 0.3 is 0 Å². The molecule has 1 aliphatic rings. The van der Waals surface area contributed by atoms with Crippen LogP contribution in [0.4, 0.5) is 0 Å². The Morgan fingerprint density at radius 2 is 2.64 bits per heavy atom. The van der Waals surface area contributed by atoms with Gasteiger partial charge in [-0.25, -0.2) is 0 Å². The second-order valence-corrected chi connectivity index (χ2v) is 3.78. The number of aliphatic imine (C=N–C) groups is 1. The number of hydrogen-bond acceptors (Lipinski definition) is 3. The molecule has 0 saturated carbocycles. The van der Waals surface area contributed by atoms with E-state index in [4.69, 9.17) is 0 Å². The normalized spacial score (nSPS) is 22.2. The second kappa shape index (κ2) is 3.76. The molecule has 11 heavy (non-hydrogen) atoms. The Hall–Kier alpha value is -0.510. The van der Waals surface area contributed by atoms with Crippen LogP contribution in [0, 0.1) is 0 Å². The molecular weight excluding hydrogens is 160 g/mol. The van der Waals surface area contributed by atoms with Gasteiger partial charge in [0.15, 0.2) is 0 Å². The maximum Gasteiger partial charge on any atom is 0.219 e. The first kappa shape index (κ1) is 8.59. The molecule has 0 bridgehead atoms. The minimum Gasteiger partial charge on any atom is -0.345 e. The van der Waals surface area contributed by atoms with Crippen LogP contribution in [0.25, 0.3) is 0 Å². The first-order chi connectivity index (χ1) is 5.20. The Morgan fingerprint density at radius 3 is 3.09 bits per heavy atom. The lowest BCUT2D eigenvalue weighted by atomic mass is 10.4. The van der Waals surface area contributed by atoms with Gasteiger partial charge in [0.25, 0.3) is 0 Å². The van der Waals surface area contributed by atoms with Gasteiger partial charge in [-0.05, 0) is 0 Å². The van der Waals surface area contributed by atoms with Gasteiger partial charge in [-0.15, -0.1) is 11.8 Å². The predicted octanol–water partition coefficient (Wildman–Crippen LogP) is 0.608. The zero-order valence-electron chi connectivity index (χ0n) is 6.78. The molecule has 0 spiro atoms. The number of nitrogens with zero attached hydrogens (tertiary/aromatic N) is 2. The van der Waals surface area contributed by atoms with Gasteiger partial charge in [-0.1, -0.05) is 0 Å². The number of carbonyl (C=O) groups excluding carboxylic acids is 1. The van der Waals surface area contributed by atoms with Crippen LogP contribution >= 0.6 is 11.8 Å². The molecule has 1 unspecified atom stereocenters. The van der Waals surface area contributed by atoms with Gasteiger partial charge in [-0.2, -0.15) is 0 Å². The summed E-state index contributed by atoms with van der Waals surface area (Å²) in [5.74, 6) is 0.123. The molecule has 1 aliphatic heterocycles. The summed E-state index contributed by atoms with van der Waals surface area (Å²) in [5, 5.41) is 0.476. The smallest absolute Gasteiger partial charge is 0.219 e. The standard InChI is InChI=1S/C7H12N2OS/c1-6(10)9(2)4-7-3-8-5-11-7/h5,7H,3-4H2,1-2H3. The highest BCUT2D eigenvalue weighted by Gasteiger charge is 2.15. The fraction of sp³-hybridized carbons (Fsp3) is 0.714. The molecule has 0 saturated heterocycles. The van der Waals surface area contributed by atoms with Crippen molar-refractivity contribution in [2.24, 2.45) is 4.99 Å². The fourth-order valence-corrected chi connectivity index (χ4v) is 1.69. The zero-order chi connectivity index (χ0) is 8.27. The third-order valence-electron chi connectivity index (χ3n) is 1.65. The highest BCUT2D eigenvalue weighted by Crippen LogP contribution is 2.15. The van der Waals surface area contributed by atoms with E-state index in [2.05, 4.69) is 4.99 Å². The van der Waals surface area contributed by atoms with Crippen molar-refractivity contribution < 1.29 is 4.79 Å². The van der Waals surface area contributed by atoms with E-state index >= 15 is 0 Å². The fourth-order valence-electron chi connectivity index (χ4n) is 0.868. The Kier molecular flexibility index (Phi) is 2.93. The van der Waals surface area contributed by atoms with E-state index in [0.29, 0.717) is 5.25 Å². The van der Waals surface area contributed by atoms with Crippen molar-refractivity contribution in [3.63, 3.8) is 0 Å². The molecule has 3 nitrogen and oxygen atoms in total. The summed E-state index contributed by atoms with van der Waals surface area (Å²) in [5.41, 5.74) is 1.86. The first-order valence-electron chi connectivity index (χ1n) is 3.55. The minimum atomic E-state index is 0.123. The van der Waals surface area contributed by atoms with Crippen LogP contribution in [0.5, 0.6) is 0 Å². The van der Waals surface area contributed by atoms with Crippen LogP contribution in [0.1, 0.15) is 6.92 Å². The van der Waals surface area contributed by atoms with Crippen molar-refractivity contribution in [1.82, 2.24) is 4.90 Å². The highest BCUT2D eigenvalue weighted by atomic mass is 32.2. The first-order valence-corrected chi connectivity index (χ1v) is 4.50. The van der Waals surface area contributed by atoms with Gasteiger partial charge in [0.1, 0.15) is 0 Å². The predicted molar refractivity (Wildman–Crippen MR) is 48.0 cm³/mol. The SMILES string of the molecule is CC(=O)N(C)CC1CN=CS1. The molecular formula is C7H12N2OS. The Labute approximate surface area is 70.9 Å². The van der Waals surface area contributed by atoms with Crippen LogP contribution in [0.15, 0.2) is 4.99 Å². The summed E-state index contributed by atoms with van der Waals surface area (Å²) in [6.45, 7) is 3.24. The second-order valence-electron chi connectivity index (χ2n) is 2.63. The topological polar surface area (TPSA) is 32.7 Å². The van der Waals surface area contributed by atoms with Crippen molar-refractivity contribution in [2.45, 2.75) is 12.2 Å². The lowest BCUT2D eigenvalue weighted by molar-refractivity contribution is -0.127. The Morgan fingerprint density at radius 1 is 1.91 bits per heavy atom. The summed E-state index contributed by atoms with van der Waals surface area (Å²) in [6.07, 6.45) is 0. The number of amides is 1. The van der Waals surface area contributed by atoms with Crippen molar-refractivity contribution in [2.75, 3.05) is 20.1 Å². The van der Waals surface area contributed by atoms with E-state index in [1.807, 2.05) is 12.6 Å². The number of carbonyl (C=O) groups is 1. The van der Waals surface area contributed by atoms with Gasteiger partial charge in [0.2, 0.25) is 5.91 Å². The summed E-state index contributed by atoms with van der Waals surface area (Å²) in [6, 6.07) is 0. The molecule has 1 heterocycles.